The lowest BCUT2D eigenvalue weighted by Crippen LogP contribution is -2.13. The maximum Gasteiger partial charge on any atom is 0.418 e. The second kappa shape index (κ2) is 8.47. The highest BCUT2D eigenvalue weighted by molar-refractivity contribution is 9.10. The summed E-state index contributed by atoms with van der Waals surface area (Å²) < 4.78 is 40.8. The third-order valence-electron chi connectivity index (χ3n) is 4.63. The highest BCUT2D eigenvalue weighted by Crippen LogP contribution is 2.38. The molecule has 4 rings (SSSR count). The van der Waals surface area contributed by atoms with Crippen LogP contribution in [0.3, 0.4) is 0 Å². The molecule has 1 atom stereocenters. The Morgan fingerprint density at radius 3 is 2.53 bits per heavy atom. The molecule has 1 N–H and O–H groups in total. The normalized spacial score (nSPS) is 12.4. The van der Waals surface area contributed by atoms with Gasteiger partial charge in [-0.2, -0.15) is 18.4 Å². The molecule has 7 nitrogen and oxygen atoms in total. The number of alkyl halides is 3. The molecule has 0 spiro atoms. The molecule has 1 aromatic carbocycles. The molecule has 32 heavy (non-hydrogen) atoms. The Balaban J connectivity index is 1.75. The van der Waals surface area contributed by atoms with Gasteiger partial charge in [-0.1, -0.05) is 15.9 Å². The number of halogens is 4. The molecule has 0 aliphatic carbocycles. The first kappa shape index (κ1) is 21.6. The monoisotopic (exact) mass is 499 g/mol. The molecular formula is C21H13BrF3N7. The highest BCUT2D eigenvalue weighted by Gasteiger charge is 2.34. The molecule has 4 aromatic rings. The number of nitriles is 1. The van der Waals surface area contributed by atoms with Gasteiger partial charge in [0, 0.05) is 28.4 Å². The largest absolute Gasteiger partial charge is 0.418 e. The summed E-state index contributed by atoms with van der Waals surface area (Å²) in [7, 11) is 0. The number of fused-ring (bicyclic) bond motifs is 1. The third kappa shape index (κ3) is 4.22. The molecule has 0 fully saturated rings. The van der Waals surface area contributed by atoms with E-state index >= 15 is 0 Å². The van der Waals surface area contributed by atoms with Gasteiger partial charge < -0.3 is 5.32 Å². The number of nitrogens with one attached hydrogen (secondary N) is 1. The van der Waals surface area contributed by atoms with Crippen LogP contribution < -0.4 is 5.32 Å². The van der Waals surface area contributed by atoms with Gasteiger partial charge in [0.15, 0.2) is 0 Å². The topological polar surface area (TPSA) is 100 Å². The van der Waals surface area contributed by atoms with Crippen LogP contribution in [0, 0.1) is 11.3 Å². The van der Waals surface area contributed by atoms with Crippen molar-refractivity contribution in [3.8, 4) is 17.5 Å². The van der Waals surface area contributed by atoms with Gasteiger partial charge in [0.25, 0.3) is 0 Å². The quantitative estimate of drug-likeness (QED) is 0.406. The summed E-state index contributed by atoms with van der Waals surface area (Å²) in [5, 5.41) is 12.3. The van der Waals surface area contributed by atoms with Crippen LogP contribution in [0.25, 0.3) is 22.3 Å². The van der Waals surface area contributed by atoms with Gasteiger partial charge in [0.1, 0.15) is 23.9 Å². The van der Waals surface area contributed by atoms with E-state index in [4.69, 9.17) is 5.26 Å². The van der Waals surface area contributed by atoms with Crippen LogP contribution in [0.15, 0.2) is 53.7 Å². The van der Waals surface area contributed by atoms with E-state index in [-0.39, 0.29) is 21.2 Å². The van der Waals surface area contributed by atoms with E-state index in [0.717, 1.165) is 12.4 Å². The van der Waals surface area contributed by atoms with Crippen molar-refractivity contribution in [3.05, 3.63) is 70.5 Å². The Morgan fingerprint density at radius 2 is 1.84 bits per heavy atom. The Bertz CT molecular complexity index is 1330. The molecule has 3 aromatic heterocycles. The van der Waals surface area contributed by atoms with Gasteiger partial charge >= 0.3 is 6.18 Å². The molecule has 0 bridgehead atoms. The van der Waals surface area contributed by atoms with Crippen molar-refractivity contribution < 1.29 is 13.2 Å². The second-order valence-electron chi connectivity index (χ2n) is 6.77. The average molecular weight is 500 g/mol. The highest BCUT2D eigenvalue weighted by atomic mass is 79.9. The van der Waals surface area contributed by atoms with Crippen molar-refractivity contribution in [2.24, 2.45) is 0 Å². The van der Waals surface area contributed by atoms with Crippen molar-refractivity contribution in [1.29, 1.82) is 5.26 Å². The molecule has 3 heterocycles. The smallest absolute Gasteiger partial charge is 0.361 e. The van der Waals surface area contributed by atoms with E-state index in [0.29, 0.717) is 22.6 Å². The Labute approximate surface area is 188 Å². The maximum absolute atomic E-state index is 13.5. The lowest BCUT2D eigenvalue weighted by atomic mass is 10.1. The molecule has 0 aliphatic rings. The van der Waals surface area contributed by atoms with E-state index in [1.165, 1.54) is 24.7 Å². The van der Waals surface area contributed by atoms with Crippen LogP contribution in [0.4, 0.5) is 19.0 Å². The summed E-state index contributed by atoms with van der Waals surface area (Å²) in [5.41, 5.74) is 0.842. The Kier molecular flexibility index (Phi) is 5.71. The minimum absolute atomic E-state index is 0.210. The predicted molar refractivity (Wildman–Crippen MR) is 114 cm³/mol. The minimum Gasteiger partial charge on any atom is -0.361 e. The third-order valence-corrected chi connectivity index (χ3v) is 5.09. The zero-order valence-corrected chi connectivity index (χ0v) is 18.0. The number of nitrogens with zero attached hydrogens (tertiary/aromatic N) is 6. The SMILES string of the molecule is CC(Nc1ncnc2c(C(F)(F)F)cc(Br)cc12)c1nccnc1-c1ccc(C#N)cn1. The first-order valence-corrected chi connectivity index (χ1v) is 10.0. The van der Waals surface area contributed by atoms with Crippen molar-refractivity contribution in [2.75, 3.05) is 5.32 Å². The van der Waals surface area contributed by atoms with Gasteiger partial charge in [0.2, 0.25) is 0 Å². The summed E-state index contributed by atoms with van der Waals surface area (Å²) >= 11 is 3.14. The van der Waals surface area contributed by atoms with Crippen molar-refractivity contribution in [1.82, 2.24) is 24.9 Å². The van der Waals surface area contributed by atoms with Crippen LogP contribution in [0.1, 0.15) is 29.8 Å². The van der Waals surface area contributed by atoms with Crippen LogP contribution in [0.2, 0.25) is 0 Å². The lowest BCUT2D eigenvalue weighted by molar-refractivity contribution is -0.136. The molecule has 0 aliphatic heterocycles. The zero-order chi connectivity index (χ0) is 22.9. The predicted octanol–water partition coefficient (Wildman–Crippen LogP) is 5.31. The number of anilines is 1. The van der Waals surface area contributed by atoms with Crippen molar-refractivity contribution in [3.63, 3.8) is 0 Å². The van der Waals surface area contributed by atoms with Gasteiger partial charge in [-0.25, -0.2) is 9.97 Å². The number of hydrogen-bond acceptors (Lipinski definition) is 7. The molecule has 11 heteroatoms. The Hall–Kier alpha value is -3.65. The molecule has 0 amide bonds. The summed E-state index contributed by atoms with van der Waals surface area (Å²) in [6.45, 7) is 1.79. The number of aromatic nitrogens is 5. The number of rotatable bonds is 4. The van der Waals surface area contributed by atoms with Gasteiger partial charge in [-0.15, -0.1) is 0 Å². The molecule has 1 unspecified atom stereocenters. The first-order valence-electron chi connectivity index (χ1n) is 9.23. The van der Waals surface area contributed by atoms with Crippen molar-refractivity contribution >= 4 is 32.7 Å². The van der Waals surface area contributed by atoms with Crippen LogP contribution in [-0.2, 0) is 6.18 Å². The fourth-order valence-corrected chi connectivity index (χ4v) is 3.66. The van der Waals surface area contributed by atoms with E-state index in [1.807, 2.05) is 6.07 Å². The summed E-state index contributed by atoms with van der Waals surface area (Å²) in [6.07, 6.45) is 0.967. The molecule has 160 valence electrons. The molecule has 0 radical (unpaired) electrons. The van der Waals surface area contributed by atoms with Gasteiger partial charge in [-0.05, 0) is 31.2 Å². The lowest BCUT2D eigenvalue weighted by Gasteiger charge is -2.18. The standard InChI is InChI=1S/C21H13BrF3N7/c1-11(17-19(28-5-4-27-17)16-3-2-12(8-26)9-29-16)32-20-14-6-13(22)7-15(21(23,24)25)18(14)30-10-31-20/h2-7,9-11H,1H3,(H,30,31,32). The van der Waals surface area contributed by atoms with Gasteiger partial charge in [-0.3, -0.25) is 15.0 Å². The summed E-state index contributed by atoms with van der Waals surface area (Å²) in [4.78, 5) is 21.0. The van der Waals surface area contributed by atoms with Crippen LogP contribution >= 0.6 is 15.9 Å². The van der Waals surface area contributed by atoms with Crippen molar-refractivity contribution in [2.45, 2.75) is 19.1 Å². The Morgan fingerprint density at radius 1 is 1.06 bits per heavy atom. The minimum atomic E-state index is -4.57. The summed E-state index contributed by atoms with van der Waals surface area (Å²) in [6, 6.07) is 7.31. The molecule has 0 saturated heterocycles. The zero-order valence-electron chi connectivity index (χ0n) is 16.4. The van der Waals surface area contributed by atoms with Gasteiger partial charge in [0.05, 0.1) is 34.1 Å². The van der Waals surface area contributed by atoms with Crippen LogP contribution in [0.5, 0.6) is 0 Å². The number of pyridine rings is 1. The fraction of sp³-hybridized carbons (Fsp3) is 0.143. The van der Waals surface area contributed by atoms with E-state index in [2.05, 4.69) is 46.2 Å². The molecule has 0 saturated carbocycles. The average Bonchev–Trinajstić information content (AvgIpc) is 2.78. The second-order valence-corrected chi connectivity index (χ2v) is 7.69. The first-order chi connectivity index (χ1) is 15.3. The van der Waals surface area contributed by atoms with E-state index in [9.17, 15) is 13.2 Å². The van der Waals surface area contributed by atoms with Crippen LogP contribution in [-0.4, -0.2) is 24.9 Å². The summed E-state index contributed by atoms with van der Waals surface area (Å²) in [5.74, 6) is 0.221. The molecular weight excluding hydrogens is 487 g/mol. The number of hydrogen-bond donors (Lipinski definition) is 1. The number of benzene rings is 1. The fourth-order valence-electron chi connectivity index (χ4n) is 3.20. The maximum atomic E-state index is 13.5. The van der Waals surface area contributed by atoms with E-state index < -0.39 is 17.8 Å². The van der Waals surface area contributed by atoms with E-state index in [1.54, 1.807) is 19.1 Å².